The van der Waals surface area contributed by atoms with Gasteiger partial charge in [0.2, 0.25) is 5.91 Å². The van der Waals surface area contributed by atoms with E-state index >= 15 is 0 Å². The van der Waals surface area contributed by atoms with Crippen molar-refractivity contribution in [1.82, 2.24) is 4.90 Å². The lowest BCUT2D eigenvalue weighted by atomic mass is 9.68. The lowest BCUT2D eigenvalue weighted by molar-refractivity contribution is -0.123. The molecule has 0 unspecified atom stereocenters. The molecule has 0 aromatic heterocycles. The van der Waals surface area contributed by atoms with E-state index in [-0.39, 0.29) is 17.6 Å². The summed E-state index contributed by atoms with van der Waals surface area (Å²) in [5.74, 6) is 0.00656. The van der Waals surface area contributed by atoms with Crippen LogP contribution in [0.25, 0.3) is 0 Å². The second kappa shape index (κ2) is 14.0. The average molecular weight is 539 g/mol. The molecule has 4 rings (SSSR count). The molecule has 2 fully saturated rings. The molecule has 0 spiro atoms. The quantitative estimate of drug-likeness (QED) is 0.324. The number of aliphatic hydroxyl groups is 1. The highest BCUT2D eigenvalue weighted by atomic mass is 35.5. The number of carbonyl (C=O) groups excluding carboxylic acids is 1. The maximum atomic E-state index is 13.2. The van der Waals surface area contributed by atoms with Crippen LogP contribution in [-0.4, -0.2) is 47.3 Å². The Kier molecular flexibility index (Phi) is 11.0. The summed E-state index contributed by atoms with van der Waals surface area (Å²) < 4.78 is 5.89. The average Bonchev–Trinajstić information content (AvgIpc) is 3.36. The molecule has 1 aliphatic heterocycles. The molecule has 6 heteroatoms. The minimum Gasteiger partial charge on any atom is -0.513 e. The zero-order chi connectivity index (χ0) is 27.6. The van der Waals surface area contributed by atoms with Gasteiger partial charge in [-0.1, -0.05) is 91.2 Å². The van der Waals surface area contributed by atoms with Crippen molar-refractivity contribution >= 4 is 17.5 Å². The van der Waals surface area contributed by atoms with Crippen molar-refractivity contribution in [1.29, 1.82) is 0 Å². The minimum atomic E-state index is -0.845. The number of benzene rings is 2. The van der Waals surface area contributed by atoms with Crippen LogP contribution in [0.3, 0.4) is 0 Å². The van der Waals surface area contributed by atoms with Crippen molar-refractivity contribution in [2.75, 3.05) is 19.7 Å². The maximum Gasteiger partial charge on any atom is 0.232 e. The number of amides is 1. The number of aliphatic hydroxyl groups excluding tert-OH is 1. The molecule has 2 aromatic carbocycles. The molecular formula is C32H43ClN2O3. The van der Waals surface area contributed by atoms with Crippen molar-refractivity contribution < 1.29 is 14.6 Å². The van der Waals surface area contributed by atoms with Gasteiger partial charge in [-0.05, 0) is 63.7 Å². The number of rotatable bonds is 10. The predicted octanol–water partition coefficient (Wildman–Crippen LogP) is 6.86. The lowest BCUT2D eigenvalue weighted by Crippen LogP contribution is -2.62. The Morgan fingerprint density at radius 3 is 2.00 bits per heavy atom. The summed E-state index contributed by atoms with van der Waals surface area (Å²) in [5.41, 5.74) is 7.37. The molecule has 0 radical (unpaired) electrons. The van der Waals surface area contributed by atoms with Gasteiger partial charge in [0.25, 0.3) is 0 Å². The molecule has 5 nitrogen and oxygen atoms in total. The smallest absolute Gasteiger partial charge is 0.232 e. The Morgan fingerprint density at radius 1 is 1.08 bits per heavy atom. The van der Waals surface area contributed by atoms with Gasteiger partial charge in [0, 0.05) is 23.7 Å². The summed E-state index contributed by atoms with van der Waals surface area (Å²) in [4.78, 5) is 15.7. The van der Waals surface area contributed by atoms with Gasteiger partial charge in [0.1, 0.15) is 0 Å². The fourth-order valence-corrected chi connectivity index (χ4v) is 5.72. The summed E-state index contributed by atoms with van der Waals surface area (Å²) in [6.45, 7) is 7.66. The van der Waals surface area contributed by atoms with Crippen molar-refractivity contribution in [3.8, 4) is 0 Å². The number of ether oxygens (including phenoxy) is 1. The van der Waals surface area contributed by atoms with Crippen LogP contribution >= 0.6 is 11.6 Å². The Bertz CT molecular complexity index is 1020. The van der Waals surface area contributed by atoms with Crippen LogP contribution in [0.4, 0.5) is 0 Å². The van der Waals surface area contributed by atoms with E-state index < -0.39 is 5.41 Å². The van der Waals surface area contributed by atoms with E-state index in [4.69, 9.17) is 22.1 Å². The van der Waals surface area contributed by atoms with Crippen LogP contribution in [0.1, 0.15) is 70.4 Å². The molecule has 2 aromatic rings. The van der Waals surface area contributed by atoms with Gasteiger partial charge in [-0.2, -0.15) is 0 Å². The Balaban J connectivity index is 0.000000732. The Morgan fingerprint density at radius 2 is 1.58 bits per heavy atom. The van der Waals surface area contributed by atoms with Gasteiger partial charge in [-0.3, -0.25) is 9.69 Å². The molecule has 0 bridgehead atoms. The number of halogens is 1. The molecule has 1 saturated carbocycles. The van der Waals surface area contributed by atoms with E-state index in [9.17, 15) is 9.90 Å². The molecule has 1 heterocycles. The number of allylic oxidation sites excluding steroid dienone is 3. The number of likely N-dealkylation sites (tertiary alicyclic amines) is 1. The molecule has 206 valence electrons. The predicted molar refractivity (Wildman–Crippen MR) is 156 cm³/mol. The Labute approximate surface area is 233 Å². The van der Waals surface area contributed by atoms with Crippen LogP contribution in [-0.2, 0) is 14.9 Å². The van der Waals surface area contributed by atoms with Crippen LogP contribution < -0.4 is 5.73 Å². The first kappa shape index (κ1) is 29.9. The maximum absolute atomic E-state index is 13.2. The molecule has 1 aliphatic carbocycles. The first-order valence-corrected chi connectivity index (χ1v) is 14.0. The fourth-order valence-electron chi connectivity index (χ4n) is 5.72. The zero-order valence-electron chi connectivity index (χ0n) is 23.0. The minimum absolute atomic E-state index is 0.0901. The van der Waals surface area contributed by atoms with Crippen LogP contribution in [0, 0.1) is 0 Å². The highest BCUT2D eigenvalue weighted by molar-refractivity contribution is 6.29. The molecule has 0 atom stereocenters. The molecule has 38 heavy (non-hydrogen) atoms. The first-order chi connectivity index (χ1) is 18.2. The first-order valence-electron chi connectivity index (χ1n) is 13.7. The van der Waals surface area contributed by atoms with E-state index in [0.29, 0.717) is 18.8 Å². The van der Waals surface area contributed by atoms with E-state index in [0.717, 1.165) is 48.5 Å². The van der Waals surface area contributed by atoms with Gasteiger partial charge in [-0.15, -0.1) is 0 Å². The summed E-state index contributed by atoms with van der Waals surface area (Å²) in [6, 6.07) is 20.0. The SMILES string of the molecule is C/C(O)=C\COC1CN(C2(CCC(C(N)=O)(c3ccccc3)c3ccccc3)CCCC2)C1.C/C=C(\C)Cl. The van der Waals surface area contributed by atoms with Crippen LogP contribution in [0.2, 0.25) is 0 Å². The van der Waals surface area contributed by atoms with Crippen LogP contribution in [0.15, 0.2) is 83.6 Å². The van der Waals surface area contributed by atoms with Gasteiger partial charge in [0.05, 0.1) is 23.9 Å². The summed E-state index contributed by atoms with van der Waals surface area (Å²) >= 11 is 5.32. The highest BCUT2D eigenvalue weighted by Crippen LogP contribution is 2.46. The van der Waals surface area contributed by atoms with Crippen molar-refractivity contribution in [2.45, 2.75) is 76.4 Å². The summed E-state index contributed by atoms with van der Waals surface area (Å²) in [7, 11) is 0. The lowest BCUT2D eigenvalue weighted by Gasteiger charge is -2.51. The van der Waals surface area contributed by atoms with Crippen molar-refractivity contribution in [2.24, 2.45) is 5.73 Å². The molecule has 1 saturated heterocycles. The molecular weight excluding hydrogens is 496 g/mol. The second-order valence-corrected chi connectivity index (χ2v) is 11.1. The third kappa shape index (κ3) is 7.28. The van der Waals surface area contributed by atoms with E-state index in [1.165, 1.54) is 12.8 Å². The van der Waals surface area contributed by atoms with Crippen molar-refractivity contribution in [3.05, 3.63) is 94.7 Å². The molecule has 2 aliphatic rings. The number of hydrogen-bond acceptors (Lipinski definition) is 4. The number of hydrogen-bond donors (Lipinski definition) is 2. The van der Waals surface area contributed by atoms with Crippen LogP contribution in [0.5, 0.6) is 0 Å². The zero-order valence-corrected chi connectivity index (χ0v) is 23.8. The van der Waals surface area contributed by atoms with E-state index in [1.54, 1.807) is 13.0 Å². The highest BCUT2D eigenvalue weighted by Gasteiger charge is 2.48. The van der Waals surface area contributed by atoms with Gasteiger partial charge in [-0.25, -0.2) is 0 Å². The van der Waals surface area contributed by atoms with Gasteiger partial charge in [0.15, 0.2) is 0 Å². The number of nitrogens with zero attached hydrogens (tertiary/aromatic N) is 1. The summed E-state index contributed by atoms with van der Waals surface area (Å²) in [5, 5.41) is 10.2. The van der Waals surface area contributed by atoms with E-state index in [2.05, 4.69) is 4.90 Å². The standard InChI is InChI=1S/C28H36N2O3.C4H7Cl/c1-22(31)14-19-33-25-20-30(21-25)27(15-8-9-16-27)17-18-28(26(29)32,23-10-4-2-5-11-23)24-12-6-3-7-13-24;1-3-4(2)5/h2-7,10-14,25,31H,8-9,15-21H2,1H3,(H2,29,32);3H,1-2H3/b22-14+;4-3+. The number of primary amides is 1. The molecule has 3 N–H and O–H groups in total. The third-order valence-corrected chi connectivity index (χ3v) is 8.30. The number of carbonyl (C=O) groups is 1. The largest absolute Gasteiger partial charge is 0.513 e. The second-order valence-electron chi connectivity index (χ2n) is 10.5. The van der Waals surface area contributed by atoms with Gasteiger partial charge >= 0.3 is 0 Å². The van der Waals surface area contributed by atoms with Crippen molar-refractivity contribution in [3.63, 3.8) is 0 Å². The van der Waals surface area contributed by atoms with E-state index in [1.807, 2.05) is 80.6 Å². The summed E-state index contributed by atoms with van der Waals surface area (Å²) in [6.07, 6.45) is 10.1. The fraction of sp³-hybridized carbons (Fsp3) is 0.469. The van der Waals surface area contributed by atoms with Gasteiger partial charge < -0.3 is 15.6 Å². The monoisotopic (exact) mass is 538 g/mol. The third-order valence-electron chi connectivity index (χ3n) is 8.08. The molecule has 1 amide bonds. The normalized spacial score (nSPS) is 18.4. The number of nitrogens with two attached hydrogens (primary N) is 1. The Hall–Kier alpha value is -2.60. The topological polar surface area (TPSA) is 75.8 Å².